The van der Waals surface area contributed by atoms with Gasteiger partial charge in [-0.15, -0.1) is 11.3 Å². The lowest BCUT2D eigenvalue weighted by molar-refractivity contribution is 0.101. The van der Waals surface area contributed by atoms with E-state index in [1.807, 2.05) is 0 Å². The van der Waals surface area contributed by atoms with Crippen molar-refractivity contribution in [3.63, 3.8) is 0 Å². The summed E-state index contributed by atoms with van der Waals surface area (Å²) in [5, 5.41) is 4.56. The van der Waals surface area contributed by atoms with Crippen LogP contribution in [0.25, 0.3) is 22.2 Å². The van der Waals surface area contributed by atoms with Crippen LogP contribution in [0.2, 0.25) is 5.02 Å². The number of hydrogen-bond acceptors (Lipinski definition) is 7. The van der Waals surface area contributed by atoms with E-state index in [2.05, 4.69) is 14.9 Å². The molecule has 2 aromatic carbocycles. The number of nitrogens with zero attached hydrogens (tertiary/aromatic N) is 2. The molecule has 2 aromatic heterocycles. The summed E-state index contributed by atoms with van der Waals surface area (Å²) in [6, 6.07) is 14.8. The van der Waals surface area contributed by atoms with Gasteiger partial charge in [0.1, 0.15) is 4.90 Å². The van der Waals surface area contributed by atoms with Crippen molar-refractivity contribution in [2.24, 2.45) is 0 Å². The first-order chi connectivity index (χ1) is 14.7. The summed E-state index contributed by atoms with van der Waals surface area (Å²) in [5.74, 6) is 0.447. The lowest BCUT2D eigenvalue weighted by atomic mass is 10.1. The SMILES string of the molecule is CC(=O)c1cccc(NS(=O)(=O)c2cc(-c3nc(-c4ccc(Cl)cc4)no3)sc2C)c1. The van der Waals surface area contributed by atoms with Crippen LogP contribution in [0, 0.1) is 6.92 Å². The molecule has 0 radical (unpaired) electrons. The molecule has 0 saturated heterocycles. The molecule has 1 N–H and O–H groups in total. The topological polar surface area (TPSA) is 102 Å². The highest BCUT2D eigenvalue weighted by Gasteiger charge is 2.23. The zero-order valence-corrected chi connectivity index (χ0v) is 18.8. The van der Waals surface area contributed by atoms with Crippen LogP contribution in [-0.2, 0) is 10.0 Å². The zero-order chi connectivity index (χ0) is 22.2. The third kappa shape index (κ3) is 4.53. The maximum atomic E-state index is 12.9. The number of hydrogen-bond donors (Lipinski definition) is 1. The van der Waals surface area contributed by atoms with Crippen LogP contribution in [0.5, 0.6) is 0 Å². The number of sulfonamides is 1. The van der Waals surface area contributed by atoms with E-state index < -0.39 is 10.0 Å². The number of nitrogens with one attached hydrogen (secondary N) is 1. The van der Waals surface area contributed by atoms with Gasteiger partial charge in [0, 0.05) is 26.7 Å². The fourth-order valence-corrected chi connectivity index (χ4v) is 5.58. The summed E-state index contributed by atoms with van der Waals surface area (Å²) >= 11 is 7.14. The molecular weight excluding hydrogens is 458 g/mol. The minimum atomic E-state index is -3.88. The summed E-state index contributed by atoms with van der Waals surface area (Å²) < 4.78 is 33.7. The fourth-order valence-electron chi connectivity index (χ4n) is 2.89. The van der Waals surface area contributed by atoms with Crippen molar-refractivity contribution >= 4 is 44.4 Å². The fraction of sp³-hybridized carbons (Fsp3) is 0.0952. The Morgan fingerprint density at radius 1 is 1.13 bits per heavy atom. The average Bonchev–Trinajstić information content (AvgIpc) is 3.35. The molecule has 0 saturated carbocycles. The number of ketones is 1. The van der Waals surface area contributed by atoms with Crippen molar-refractivity contribution < 1.29 is 17.7 Å². The second-order valence-electron chi connectivity index (χ2n) is 6.70. The number of aryl methyl sites for hydroxylation is 1. The number of anilines is 1. The highest BCUT2D eigenvalue weighted by molar-refractivity contribution is 7.93. The molecule has 0 atom stereocenters. The molecule has 10 heteroatoms. The number of Topliss-reactive ketones (excluding diaryl/α,β-unsaturated/α-hetero) is 1. The van der Waals surface area contributed by atoms with Gasteiger partial charge in [0.15, 0.2) is 5.78 Å². The van der Waals surface area contributed by atoms with Gasteiger partial charge in [-0.25, -0.2) is 8.42 Å². The van der Waals surface area contributed by atoms with Crippen molar-refractivity contribution in [2.45, 2.75) is 18.7 Å². The molecular formula is C21H16ClN3O4S2. The molecule has 0 spiro atoms. The molecule has 4 rings (SSSR count). The standard InChI is InChI=1S/C21H16ClN3O4S2/c1-12(26)15-4-3-5-17(10-15)25-31(27,28)19-11-18(30-13(19)2)21-23-20(24-29-21)14-6-8-16(22)9-7-14/h3-11,25H,1-2H3. The maximum absolute atomic E-state index is 12.9. The van der Waals surface area contributed by atoms with Gasteiger partial charge in [-0.05, 0) is 56.3 Å². The van der Waals surface area contributed by atoms with Crippen LogP contribution in [0.4, 0.5) is 5.69 Å². The first-order valence-corrected chi connectivity index (χ1v) is 11.7. The van der Waals surface area contributed by atoms with E-state index in [-0.39, 0.29) is 16.6 Å². The monoisotopic (exact) mass is 473 g/mol. The van der Waals surface area contributed by atoms with E-state index in [9.17, 15) is 13.2 Å². The largest absolute Gasteiger partial charge is 0.333 e. The summed E-state index contributed by atoms with van der Waals surface area (Å²) in [4.78, 5) is 17.1. The predicted molar refractivity (Wildman–Crippen MR) is 120 cm³/mol. The molecule has 4 aromatic rings. The molecule has 31 heavy (non-hydrogen) atoms. The van der Waals surface area contributed by atoms with Crippen LogP contribution >= 0.6 is 22.9 Å². The van der Waals surface area contributed by atoms with Gasteiger partial charge in [-0.3, -0.25) is 9.52 Å². The Morgan fingerprint density at radius 3 is 2.58 bits per heavy atom. The van der Waals surface area contributed by atoms with Crippen molar-refractivity contribution in [1.82, 2.24) is 10.1 Å². The maximum Gasteiger partial charge on any atom is 0.268 e. The number of halogens is 1. The number of thiophene rings is 1. The van der Waals surface area contributed by atoms with Gasteiger partial charge in [0.05, 0.1) is 4.88 Å². The zero-order valence-electron chi connectivity index (χ0n) is 16.4. The number of carbonyl (C=O) groups is 1. The molecule has 0 aliphatic carbocycles. The smallest absolute Gasteiger partial charge is 0.268 e. The van der Waals surface area contributed by atoms with Crippen molar-refractivity contribution in [3.05, 3.63) is 70.1 Å². The normalized spacial score (nSPS) is 11.5. The number of aromatic nitrogens is 2. The highest BCUT2D eigenvalue weighted by Crippen LogP contribution is 2.34. The Hall–Kier alpha value is -3.01. The summed E-state index contributed by atoms with van der Waals surface area (Å²) in [5.41, 5.74) is 1.46. The van der Waals surface area contributed by atoms with Crippen LogP contribution in [0.1, 0.15) is 22.2 Å². The number of carbonyl (C=O) groups excluding carboxylic acids is 1. The van der Waals surface area contributed by atoms with E-state index in [1.54, 1.807) is 49.4 Å². The molecule has 0 bridgehead atoms. The van der Waals surface area contributed by atoms with E-state index in [0.717, 1.165) is 5.56 Å². The van der Waals surface area contributed by atoms with Crippen LogP contribution in [0.15, 0.2) is 64.0 Å². The summed E-state index contributed by atoms with van der Waals surface area (Å²) in [6.45, 7) is 3.12. The Labute approximate surface area is 187 Å². The van der Waals surface area contributed by atoms with E-state index in [0.29, 0.717) is 31.9 Å². The van der Waals surface area contributed by atoms with Gasteiger partial charge in [-0.1, -0.05) is 28.9 Å². The lowest BCUT2D eigenvalue weighted by Gasteiger charge is -2.08. The molecule has 0 amide bonds. The minimum absolute atomic E-state index is 0.104. The first-order valence-electron chi connectivity index (χ1n) is 9.07. The summed E-state index contributed by atoms with van der Waals surface area (Å²) in [7, 11) is -3.88. The van der Waals surface area contributed by atoms with Crippen LogP contribution < -0.4 is 4.72 Å². The van der Waals surface area contributed by atoms with Crippen molar-refractivity contribution in [3.8, 4) is 22.2 Å². The molecule has 0 aliphatic heterocycles. The Bertz CT molecular complexity index is 1380. The van der Waals surface area contributed by atoms with Gasteiger partial charge in [0.2, 0.25) is 5.82 Å². The Kier molecular flexibility index (Phi) is 5.65. The molecule has 0 aliphatic rings. The van der Waals surface area contributed by atoms with Gasteiger partial charge >= 0.3 is 0 Å². The number of rotatable bonds is 6. The third-order valence-corrected chi connectivity index (χ3v) is 7.35. The van der Waals surface area contributed by atoms with Crippen LogP contribution in [0.3, 0.4) is 0 Å². The van der Waals surface area contributed by atoms with E-state index >= 15 is 0 Å². The average molecular weight is 474 g/mol. The summed E-state index contributed by atoms with van der Waals surface area (Å²) in [6.07, 6.45) is 0. The second-order valence-corrected chi connectivity index (χ2v) is 10.0. The molecule has 7 nitrogen and oxygen atoms in total. The van der Waals surface area contributed by atoms with Gasteiger partial charge < -0.3 is 4.52 Å². The van der Waals surface area contributed by atoms with Crippen molar-refractivity contribution in [2.75, 3.05) is 4.72 Å². The van der Waals surface area contributed by atoms with Gasteiger partial charge in [-0.2, -0.15) is 4.98 Å². The number of benzene rings is 2. The minimum Gasteiger partial charge on any atom is -0.333 e. The quantitative estimate of drug-likeness (QED) is 0.374. The predicted octanol–water partition coefficient (Wildman–Crippen LogP) is 5.43. The molecule has 0 unspecified atom stereocenters. The van der Waals surface area contributed by atoms with Gasteiger partial charge in [0.25, 0.3) is 15.9 Å². The Balaban J connectivity index is 1.62. The first kappa shape index (κ1) is 21.2. The highest BCUT2D eigenvalue weighted by atomic mass is 35.5. The van der Waals surface area contributed by atoms with E-state index in [1.165, 1.54) is 30.4 Å². The third-order valence-electron chi connectivity index (χ3n) is 4.42. The molecule has 158 valence electrons. The second kappa shape index (κ2) is 8.26. The van der Waals surface area contributed by atoms with Crippen LogP contribution in [-0.4, -0.2) is 24.3 Å². The Morgan fingerprint density at radius 2 is 1.87 bits per heavy atom. The molecule has 2 heterocycles. The van der Waals surface area contributed by atoms with Crippen molar-refractivity contribution in [1.29, 1.82) is 0 Å². The lowest BCUT2D eigenvalue weighted by Crippen LogP contribution is -2.13. The molecule has 0 fully saturated rings. The van der Waals surface area contributed by atoms with E-state index in [4.69, 9.17) is 16.1 Å².